The average molecular weight is 274 g/mol. The number of carboxylic acid groups (broad SMARTS) is 1. The molecule has 0 bridgehead atoms. The van der Waals surface area contributed by atoms with Crippen molar-refractivity contribution in [3.63, 3.8) is 0 Å². The third-order valence-corrected chi connectivity index (χ3v) is 2.89. The minimum atomic E-state index is -0.904. The molecule has 0 heterocycles. The molecular formula is C15H18N2O3. The Kier molecular flexibility index (Phi) is 5.73. The molecule has 5 heteroatoms. The van der Waals surface area contributed by atoms with E-state index in [1.54, 1.807) is 24.3 Å². The summed E-state index contributed by atoms with van der Waals surface area (Å²) in [5.41, 5.74) is 0.891. The summed E-state index contributed by atoms with van der Waals surface area (Å²) in [6.07, 6.45) is 0.517. The first-order chi connectivity index (χ1) is 9.43. The highest BCUT2D eigenvalue weighted by Crippen LogP contribution is 2.11. The molecule has 0 aliphatic carbocycles. The van der Waals surface area contributed by atoms with Gasteiger partial charge in [-0.1, -0.05) is 13.8 Å². The lowest BCUT2D eigenvalue weighted by Gasteiger charge is -2.15. The number of benzene rings is 1. The molecule has 106 valence electrons. The smallest absolute Gasteiger partial charge is 0.308 e. The Bertz CT molecular complexity index is 515. The average Bonchev–Trinajstić information content (AvgIpc) is 2.42. The minimum Gasteiger partial charge on any atom is -0.481 e. The van der Waals surface area contributed by atoms with Crippen LogP contribution in [0.1, 0.15) is 36.2 Å². The SMILES string of the molecule is CC(C)CC(CNC(=O)c1ccc(C#N)cc1)C(=O)O. The Morgan fingerprint density at radius 2 is 1.90 bits per heavy atom. The number of rotatable bonds is 6. The number of carboxylic acids is 1. The predicted molar refractivity (Wildman–Crippen MR) is 74.1 cm³/mol. The Hall–Kier alpha value is -2.35. The monoisotopic (exact) mass is 274 g/mol. The Labute approximate surface area is 118 Å². The van der Waals surface area contributed by atoms with Gasteiger partial charge in [-0.15, -0.1) is 0 Å². The van der Waals surface area contributed by atoms with Crippen LogP contribution in [0.5, 0.6) is 0 Å². The van der Waals surface area contributed by atoms with Gasteiger partial charge in [0.1, 0.15) is 0 Å². The van der Waals surface area contributed by atoms with Crippen LogP contribution in [0.25, 0.3) is 0 Å². The number of amides is 1. The number of nitrogens with one attached hydrogen (secondary N) is 1. The molecule has 2 N–H and O–H groups in total. The van der Waals surface area contributed by atoms with Crippen molar-refractivity contribution >= 4 is 11.9 Å². The summed E-state index contributed by atoms with van der Waals surface area (Å²) < 4.78 is 0. The zero-order valence-electron chi connectivity index (χ0n) is 11.6. The fourth-order valence-electron chi connectivity index (χ4n) is 1.85. The summed E-state index contributed by atoms with van der Waals surface area (Å²) >= 11 is 0. The molecule has 0 aliphatic heterocycles. The lowest BCUT2D eigenvalue weighted by Crippen LogP contribution is -2.33. The van der Waals surface area contributed by atoms with Gasteiger partial charge in [-0.25, -0.2) is 0 Å². The summed E-state index contributed by atoms with van der Waals surface area (Å²) in [5.74, 6) is -1.57. The number of hydrogen-bond acceptors (Lipinski definition) is 3. The lowest BCUT2D eigenvalue weighted by molar-refractivity contribution is -0.142. The van der Waals surface area contributed by atoms with Crippen LogP contribution in [-0.4, -0.2) is 23.5 Å². The molecular weight excluding hydrogens is 256 g/mol. The van der Waals surface area contributed by atoms with E-state index in [1.165, 1.54) is 0 Å². The van der Waals surface area contributed by atoms with Gasteiger partial charge in [0.2, 0.25) is 0 Å². The van der Waals surface area contributed by atoms with Crippen LogP contribution in [0.2, 0.25) is 0 Å². The van der Waals surface area contributed by atoms with Crippen molar-refractivity contribution in [2.45, 2.75) is 20.3 Å². The normalized spacial score (nSPS) is 11.7. The Morgan fingerprint density at radius 1 is 1.30 bits per heavy atom. The second-order valence-electron chi connectivity index (χ2n) is 5.06. The lowest BCUT2D eigenvalue weighted by atomic mass is 9.97. The van der Waals surface area contributed by atoms with Crippen molar-refractivity contribution in [2.75, 3.05) is 6.54 Å². The van der Waals surface area contributed by atoms with Crippen molar-refractivity contribution < 1.29 is 14.7 Å². The fourth-order valence-corrected chi connectivity index (χ4v) is 1.85. The quantitative estimate of drug-likeness (QED) is 0.830. The first kappa shape index (κ1) is 15.7. The van der Waals surface area contributed by atoms with E-state index in [2.05, 4.69) is 5.32 Å². The molecule has 1 rings (SSSR count). The van der Waals surface area contributed by atoms with Gasteiger partial charge < -0.3 is 10.4 Å². The third kappa shape index (κ3) is 4.73. The summed E-state index contributed by atoms with van der Waals surface area (Å²) in [6, 6.07) is 8.17. The van der Waals surface area contributed by atoms with Crippen molar-refractivity contribution in [1.82, 2.24) is 5.32 Å². The summed E-state index contributed by atoms with van der Waals surface area (Å²) in [4.78, 5) is 23.0. The first-order valence-corrected chi connectivity index (χ1v) is 6.45. The number of carbonyl (C=O) groups is 2. The number of aliphatic carboxylic acids is 1. The molecule has 0 fully saturated rings. The van der Waals surface area contributed by atoms with Gasteiger partial charge in [-0.2, -0.15) is 5.26 Å². The van der Waals surface area contributed by atoms with Crippen LogP contribution >= 0.6 is 0 Å². The Balaban J connectivity index is 2.60. The van der Waals surface area contributed by atoms with E-state index in [-0.39, 0.29) is 18.4 Å². The molecule has 0 saturated heterocycles. The molecule has 0 spiro atoms. The van der Waals surface area contributed by atoms with Crippen LogP contribution in [0.15, 0.2) is 24.3 Å². The van der Waals surface area contributed by atoms with E-state index in [4.69, 9.17) is 10.4 Å². The van der Waals surface area contributed by atoms with Gasteiger partial charge in [-0.3, -0.25) is 9.59 Å². The van der Waals surface area contributed by atoms with Crippen molar-refractivity contribution in [3.8, 4) is 6.07 Å². The molecule has 5 nitrogen and oxygen atoms in total. The highest BCUT2D eigenvalue weighted by molar-refractivity contribution is 5.94. The molecule has 1 unspecified atom stereocenters. The zero-order chi connectivity index (χ0) is 15.1. The Morgan fingerprint density at radius 3 is 2.35 bits per heavy atom. The maximum atomic E-state index is 11.9. The molecule has 0 radical (unpaired) electrons. The van der Waals surface area contributed by atoms with E-state index in [1.807, 2.05) is 19.9 Å². The topological polar surface area (TPSA) is 90.2 Å². The predicted octanol–water partition coefficient (Wildman–Crippen LogP) is 2.03. The van der Waals surface area contributed by atoms with Crippen LogP contribution in [0, 0.1) is 23.2 Å². The molecule has 1 atom stereocenters. The number of nitrogens with zero attached hydrogens (tertiary/aromatic N) is 1. The summed E-state index contributed by atoms with van der Waals surface area (Å²) in [5, 5.41) is 20.4. The number of hydrogen-bond donors (Lipinski definition) is 2. The zero-order valence-corrected chi connectivity index (χ0v) is 11.6. The van der Waals surface area contributed by atoms with E-state index < -0.39 is 11.9 Å². The fraction of sp³-hybridized carbons (Fsp3) is 0.400. The largest absolute Gasteiger partial charge is 0.481 e. The molecule has 1 aromatic carbocycles. The van der Waals surface area contributed by atoms with Gasteiger partial charge in [0, 0.05) is 12.1 Å². The van der Waals surface area contributed by atoms with Crippen molar-refractivity contribution in [2.24, 2.45) is 11.8 Å². The van der Waals surface area contributed by atoms with Gasteiger partial charge >= 0.3 is 5.97 Å². The molecule has 0 aliphatic rings. The second kappa shape index (κ2) is 7.29. The molecule has 20 heavy (non-hydrogen) atoms. The number of nitriles is 1. The van der Waals surface area contributed by atoms with E-state index in [0.29, 0.717) is 17.5 Å². The molecule has 0 saturated carbocycles. The third-order valence-electron chi connectivity index (χ3n) is 2.89. The molecule has 1 amide bonds. The second-order valence-corrected chi connectivity index (χ2v) is 5.06. The van der Waals surface area contributed by atoms with Crippen LogP contribution in [0.4, 0.5) is 0 Å². The van der Waals surface area contributed by atoms with E-state index >= 15 is 0 Å². The van der Waals surface area contributed by atoms with E-state index in [9.17, 15) is 9.59 Å². The highest BCUT2D eigenvalue weighted by atomic mass is 16.4. The van der Waals surface area contributed by atoms with Crippen LogP contribution < -0.4 is 5.32 Å². The van der Waals surface area contributed by atoms with Gasteiger partial charge in [0.05, 0.1) is 17.6 Å². The van der Waals surface area contributed by atoms with Gasteiger partial charge in [0.15, 0.2) is 0 Å². The van der Waals surface area contributed by atoms with E-state index in [0.717, 1.165) is 0 Å². The van der Waals surface area contributed by atoms with Gasteiger partial charge in [-0.05, 0) is 36.6 Å². The standard InChI is InChI=1S/C15H18N2O3/c1-10(2)7-13(15(19)20)9-17-14(18)12-5-3-11(8-16)4-6-12/h3-6,10,13H,7,9H2,1-2H3,(H,17,18)(H,19,20). The first-order valence-electron chi connectivity index (χ1n) is 6.45. The summed E-state index contributed by atoms with van der Waals surface area (Å²) in [7, 11) is 0. The molecule has 0 aromatic heterocycles. The molecule has 1 aromatic rings. The maximum Gasteiger partial charge on any atom is 0.308 e. The van der Waals surface area contributed by atoms with Crippen molar-refractivity contribution in [3.05, 3.63) is 35.4 Å². The van der Waals surface area contributed by atoms with Crippen LogP contribution in [-0.2, 0) is 4.79 Å². The van der Waals surface area contributed by atoms with Crippen molar-refractivity contribution in [1.29, 1.82) is 5.26 Å². The van der Waals surface area contributed by atoms with Gasteiger partial charge in [0.25, 0.3) is 5.91 Å². The highest BCUT2D eigenvalue weighted by Gasteiger charge is 2.19. The summed E-state index contributed by atoms with van der Waals surface area (Å²) in [6.45, 7) is 3.99. The number of carbonyl (C=O) groups excluding carboxylic acids is 1. The minimum absolute atomic E-state index is 0.104. The maximum absolute atomic E-state index is 11.9. The van der Waals surface area contributed by atoms with Crippen LogP contribution in [0.3, 0.4) is 0 Å².